The molecule has 1 aliphatic heterocycles. The zero-order valence-electron chi connectivity index (χ0n) is 19.2. The van der Waals surface area contributed by atoms with Crippen LogP contribution < -0.4 is 15.5 Å². The normalized spacial score (nSPS) is 19.4. The summed E-state index contributed by atoms with van der Waals surface area (Å²) in [6, 6.07) is 6.28. The summed E-state index contributed by atoms with van der Waals surface area (Å²) in [7, 11) is 1.70. The van der Waals surface area contributed by atoms with Gasteiger partial charge >= 0.3 is 0 Å². The number of pyridine rings is 1. The van der Waals surface area contributed by atoms with E-state index in [0.717, 1.165) is 41.1 Å². The van der Waals surface area contributed by atoms with Crippen molar-refractivity contribution in [3.8, 4) is 0 Å². The molecule has 0 amide bonds. The molecule has 3 aromatic heterocycles. The Balaban J connectivity index is 1.54. The van der Waals surface area contributed by atoms with Crippen LogP contribution in [0, 0.1) is 12.7 Å². The first-order valence-corrected chi connectivity index (χ1v) is 11.1. The summed E-state index contributed by atoms with van der Waals surface area (Å²) in [5, 5.41) is 6.83. The van der Waals surface area contributed by atoms with Gasteiger partial charge in [0.15, 0.2) is 11.5 Å². The van der Waals surface area contributed by atoms with Crippen LogP contribution in [0.3, 0.4) is 0 Å². The van der Waals surface area contributed by atoms with Crippen LogP contribution in [0.4, 0.5) is 15.8 Å². The third-order valence-electron chi connectivity index (χ3n) is 5.87. The number of imidazole rings is 1. The Hall–Kier alpha value is -3.59. The highest BCUT2D eigenvalue weighted by molar-refractivity contribution is 6.15. The molecule has 9 heteroatoms. The molecule has 33 heavy (non-hydrogen) atoms. The Morgan fingerprint density at radius 2 is 1.85 bits per heavy atom. The van der Waals surface area contributed by atoms with E-state index in [1.165, 1.54) is 6.07 Å². The van der Waals surface area contributed by atoms with Gasteiger partial charge in [-0.1, -0.05) is 0 Å². The van der Waals surface area contributed by atoms with E-state index in [9.17, 15) is 4.39 Å². The molecule has 1 aromatic carbocycles. The third kappa shape index (κ3) is 4.00. The number of fused-ring (bicyclic) bond motifs is 2. The lowest BCUT2D eigenvalue weighted by atomic mass is 10.1. The van der Waals surface area contributed by atoms with Crippen molar-refractivity contribution in [3.05, 3.63) is 60.1 Å². The number of amidine groups is 1. The fraction of sp³-hybridized carbons (Fsp3) is 0.333. The van der Waals surface area contributed by atoms with E-state index in [-0.39, 0.29) is 0 Å². The highest BCUT2D eigenvalue weighted by Crippen LogP contribution is 2.29. The number of aryl methyl sites for hydroxylation is 1. The molecule has 5 rings (SSSR count). The molecule has 0 spiro atoms. The number of nitrogens with zero attached hydrogens (tertiary/aromatic N) is 6. The molecular weight excluding hydrogens is 419 g/mol. The number of rotatable bonds is 3. The zero-order chi connectivity index (χ0) is 23.1. The summed E-state index contributed by atoms with van der Waals surface area (Å²) in [6.07, 6.45) is 6.99. The molecule has 2 atom stereocenters. The number of hydrogen-bond acceptors (Lipinski definition) is 6. The van der Waals surface area contributed by atoms with Gasteiger partial charge in [-0.3, -0.25) is 15.0 Å². The lowest BCUT2D eigenvalue weighted by Crippen LogP contribution is -2.54. The second-order valence-electron chi connectivity index (χ2n) is 8.65. The van der Waals surface area contributed by atoms with Crippen molar-refractivity contribution in [2.24, 2.45) is 4.99 Å². The predicted octanol–water partition coefficient (Wildman–Crippen LogP) is 3.40. The molecule has 8 nitrogen and oxygen atoms in total. The van der Waals surface area contributed by atoms with Crippen LogP contribution in [0.5, 0.6) is 0 Å². The molecule has 0 aliphatic carbocycles. The largest absolute Gasteiger partial charge is 0.367 e. The minimum Gasteiger partial charge on any atom is -0.367 e. The maximum atomic E-state index is 14.6. The number of aromatic nitrogens is 4. The quantitative estimate of drug-likeness (QED) is 0.371. The molecule has 0 unspecified atom stereocenters. The van der Waals surface area contributed by atoms with Crippen LogP contribution in [0.2, 0.25) is 0 Å². The maximum Gasteiger partial charge on any atom is 0.173 e. The molecule has 1 aliphatic rings. The average Bonchev–Trinajstić information content (AvgIpc) is 3.17. The van der Waals surface area contributed by atoms with Crippen molar-refractivity contribution in [1.29, 1.82) is 0 Å². The summed E-state index contributed by atoms with van der Waals surface area (Å²) in [6.45, 7) is 8.01. The van der Waals surface area contributed by atoms with E-state index in [2.05, 4.69) is 55.4 Å². The topological polar surface area (TPSA) is 82.7 Å². The van der Waals surface area contributed by atoms with Crippen LogP contribution >= 0.6 is 0 Å². The molecule has 4 aromatic rings. The van der Waals surface area contributed by atoms with Gasteiger partial charge in [-0.25, -0.2) is 9.37 Å². The van der Waals surface area contributed by atoms with Gasteiger partial charge in [0.25, 0.3) is 0 Å². The summed E-state index contributed by atoms with van der Waals surface area (Å²) in [4.78, 5) is 20.3. The van der Waals surface area contributed by atoms with Crippen LogP contribution in [0.25, 0.3) is 16.7 Å². The van der Waals surface area contributed by atoms with Crippen molar-refractivity contribution in [2.75, 3.05) is 30.4 Å². The number of anilines is 2. The van der Waals surface area contributed by atoms with Crippen molar-refractivity contribution in [1.82, 2.24) is 24.7 Å². The number of nitrogens with one attached hydrogen (secondary N) is 2. The molecule has 2 N–H and O–H groups in total. The minimum atomic E-state index is -0.398. The number of halogens is 1. The van der Waals surface area contributed by atoms with Crippen LogP contribution in [0.15, 0.2) is 48.0 Å². The summed E-state index contributed by atoms with van der Waals surface area (Å²) in [5.74, 6) is 0.190. The molecule has 170 valence electrons. The van der Waals surface area contributed by atoms with Gasteiger partial charge in [0.1, 0.15) is 16.9 Å². The van der Waals surface area contributed by atoms with Gasteiger partial charge in [0.05, 0.1) is 17.1 Å². The lowest BCUT2D eigenvalue weighted by Gasteiger charge is -2.38. The van der Waals surface area contributed by atoms with Gasteiger partial charge in [-0.15, -0.1) is 0 Å². The molecule has 0 bridgehead atoms. The van der Waals surface area contributed by atoms with Crippen LogP contribution in [-0.4, -0.2) is 57.4 Å². The first kappa shape index (κ1) is 21.3. The Labute approximate surface area is 191 Å². The minimum absolute atomic E-state index is 0.299. The Morgan fingerprint density at radius 3 is 2.58 bits per heavy atom. The number of aliphatic imine (C=N–C) groups is 1. The van der Waals surface area contributed by atoms with Gasteiger partial charge in [0, 0.05) is 68.6 Å². The number of piperazine rings is 1. The number of hydrogen-bond donors (Lipinski definition) is 2. The fourth-order valence-electron chi connectivity index (χ4n) is 4.64. The predicted molar refractivity (Wildman–Crippen MR) is 130 cm³/mol. The van der Waals surface area contributed by atoms with Gasteiger partial charge in [0.2, 0.25) is 0 Å². The third-order valence-corrected chi connectivity index (χ3v) is 5.87. The number of benzene rings is 1. The van der Waals surface area contributed by atoms with E-state index < -0.39 is 5.82 Å². The van der Waals surface area contributed by atoms with Crippen molar-refractivity contribution in [2.45, 2.75) is 32.9 Å². The summed E-state index contributed by atoms with van der Waals surface area (Å²) >= 11 is 0. The Morgan fingerprint density at radius 1 is 1.12 bits per heavy atom. The van der Waals surface area contributed by atoms with E-state index in [1.807, 2.05) is 13.0 Å². The molecule has 1 fully saturated rings. The molecule has 4 heterocycles. The van der Waals surface area contributed by atoms with Crippen molar-refractivity contribution >= 4 is 33.9 Å². The van der Waals surface area contributed by atoms with Gasteiger partial charge in [-0.2, -0.15) is 0 Å². The average molecular weight is 447 g/mol. The van der Waals surface area contributed by atoms with Crippen LogP contribution in [0.1, 0.15) is 25.1 Å². The van der Waals surface area contributed by atoms with E-state index in [0.29, 0.717) is 29.3 Å². The second kappa shape index (κ2) is 8.40. The SMILES string of the molecule is CN=C(Nc1cc(F)c2nc(C)cn2c1)c1ccc(N2C[C@@H](C)N[C@@H](C)C2)c2nccnc12. The molecule has 0 radical (unpaired) electrons. The van der Waals surface area contributed by atoms with Gasteiger partial charge < -0.3 is 19.9 Å². The Bertz CT molecular complexity index is 1350. The molecule has 1 saturated heterocycles. The monoisotopic (exact) mass is 446 g/mol. The van der Waals surface area contributed by atoms with E-state index in [4.69, 9.17) is 0 Å². The summed E-state index contributed by atoms with van der Waals surface area (Å²) in [5.41, 5.74) is 5.07. The van der Waals surface area contributed by atoms with Gasteiger partial charge in [-0.05, 0) is 32.9 Å². The van der Waals surface area contributed by atoms with Crippen LogP contribution in [-0.2, 0) is 0 Å². The standard InChI is InChI=1S/C24H27FN8/c1-14-10-32(11-15(2)29-14)20-6-5-18(21-22(20)28-8-7-27-21)23(26-4)31-17-9-19(25)24-30-16(3)12-33(24)13-17/h5-9,12-15,29H,10-11H2,1-4H3,(H,26,31)/t14-,15+. The maximum absolute atomic E-state index is 14.6. The van der Waals surface area contributed by atoms with E-state index in [1.54, 1.807) is 36.2 Å². The first-order valence-electron chi connectivity index (χ1n) is 11.1. The summed E-state index contributed by atoms with van der Waals surface area (Å²) < 4.78 is 16.3. The smallest absolute Gasteiger partial charge is 0.173 e. The molecule has 0 saturated carbocycles. The lowest BCUT2D eigenvalue weighted by molar-refractivity contribution is 0.407. The first-order chi connectivity index (χ1) is 15.9. The highest BCUT2D eigenvalue weighted by Gasteiger charge is 2.24. The van der Waals surface area contributed by atoms with E-state index >= 15 is 0 Å². The zero-order valence-corrected chi connectivity index (χ0v) is 19.2. The Kier molecular flexibility index (Phi) is 5.41. The fourth-order valence-corrected chi connectivity index (χ4v) is 4.64. The molecular formula is C24H27FN8. The second-order valence-corrected chi connectivity index (χ2v) is 8.65. The van der Waals surface area contributed by atoms with Crippen molar-refractivity contribution < 1.29 is 4.39 Å². The highest BCUT2D eigenvalue weighted by atomic mass is 19.1. The van der Waals surface area contributed by atoms with Crippen molar-refractivity contribution in [3.63, 3.8) is 0 Å².